The van der Waals surface area contributed by atoms with Gasteiger partial charge in [0.05, 0.1) is 0 Å². The topological polar surface area (TPSA) is 12.4 Å². The number of hydrogen-bond donors (Lipinski definition) is 0. The van der Waals surface area contributed by atoms with E-state index in [9.17, 15) is 0 Å². The Labute approximate surface area is 91.2 Å². The summed E-state index contributed by atoms with van der Waals surface area (Å²) in [6.07, 6.45) is 1.79. The highest BCUT2D eigenvalue weighted by molar-refractivity contribution is 5.65. The second kappa shape index (κ2) is 4.74. The first-order valence-corrected chi connectivity index (χ1v) is 5.01. The largest absolute Gasteiger partial charge is 0.266 e. The molecule has 0 aromatic heterocycles. The molecule has 15 heavy (non-hydrogen) atoms. The Kier molecular flexibility index (Phi) is 3.62. The maximum Gasteiger partial charge on any atom is 0.0446 e. The van der Waals surface area contributed by atoms with E-state index in [4.69, 9.17) is 0 Å². The van der Waals surface area contributed by atoms with Crippen LogP contribution in [-0.2, 0) is 0 Å². The van der Waals surface area contributed by atoms with Crippen molar-refractivity contribution in [2.75, 3.05) is 0 Å². The van der Waals surface area contributed by atoms with E-state index in [2.05, 4.69) is 18.2 Å². The minimum Gasteiger partial charge on any atom is -0.266 e. The summed E-state index contributed by atoms with van der Waals surface area (Å²) in [6.45, 7) is 13.9. The lowest BCUT2D eigenvalue weighted by Crippen LogP contribution is -2.27. The van der Waals surface area contributed by atoms with Crippen molar-refractivity contribution in [1.82, 2.24) is 0 Å². The fourth-order valence-electron chi connectivity index (χ4n) is 1.59. The van der Waals surface area contributed by atoms with Crippen molar-refractivity contribution >= 4 is 24.1 Å². The summed E-state index contributed by atoms with van der Waals surface area (Å²) in [7, 11) is 0. The van der Waals surface area contributed by atoms with E-state index in [1.165, 1.54) is 0 Å². The fourth-order valence-corrected chi connectivity index (χ4v) is 1.59. The summed E-state index contributed by atoms with van der Waals surface area (Å²) in [4.78, 5) is 4.28. The van der Waals surface area contributed by atoms with Crippen molar-refractivity contribution in [3.8, 4) is 0 Å². The highest BCUT2D eigenvalue weighted by Crippen LogP contribution is 2.03. The molecule has 0 aliphatic heterocycles. The first kappa shape index (κ1) is 11.4. The van der Waals surface area contributed by atoms with Crippen molar-refractivity contribution < 1.29 is 0 Å². The minimum absolute atomic E-state index is 0.991. The summed E-state index contributed by atoms with van der Waals surface area (Å²) >= 11 is 0. The van der Waals surface area contributed by atoms with Gasteiger partial charge in [0.15, 0.2) is 0 Å². The van der Waals surface area contributed by atoms with E-state index in [0.29, 0.717) is 0 Å². The van der Waals surface area contributed by atoms with Gasteiger partial charge in [-0.05, 0) is 31.6 Å². The Morgan fingerprint density at radius 3 is 2.53 bits per heavy atom. The van der Waals surface area contributed by atoms with Crippen LogP contribution in [0.1, 0.15) is 26.3 Å². The highest BCUT2D eigenvalue weighted by atomic mass is 14.7. The maximum atomic E-state index is 4.28. The van der Waals surface area contributed by atoms with Crippen LogP contribution in [0.3, 0.4) is 0 Å². The lowest BCUT2D eigenvalue weighted by atomic mass is 10.0. The van der Waals surface area contributed by atoms with Crippen LogP contribution in [0.25, 0.3) is 17.8 Å². The van der Waals surface area contributed by atoms with Gasteiger partial charge in [-0.1, -0.05) is 36.9 Å². The monoisotopic (exact) mass is 199 g/mol. The van der Waals surface area contributed by atoms with Gasteiger partial charge in [0, 0.05) is 17.1 Å². The zero-order chi connectivity index (χ0) is 11.4. The van der Waals surface area contributed by atoms with Crippen LogP contribution in [0.5, 0.6) is 0 Å². The number of benzene rings is 1. The first-order valence-electron chi connectivity index (χ1n) is 5.01. The average molecular weight is 199 g/mol. The molecule has 0 spiro atoms. The molecule has 0 saturated carbocycles. The molecule has 1 aromatic rings. The third-order valence-electron chi connectivity index (χ3n) is 2.35. The van der Waals surface area contributed by atoms with Crippen molar-refractivity contribution in [3.63, 3.8) is 0 Å². The van der Waals surface area contributed by atoms with Gasteiger partial charge < -0.3 is 0 Å². The van der Waals surface area contributed by atoms with Gasteiger partial charge in [0.2, 0.25) is 0 Å². The number of allylic oxidation sites excluding steroid dienone is 1. The van der Waals surface area contributed by atoms with E-state index in [1.54, 1.807) is 6.21 Å². The van der Waals surface area contributed by atoms with E-state index < -0.39 is 0 Å². The fraction of sp³-hybridized carbons (Fsp3) is 0.214. The highest BCUT2D eigenvalue weighted by Gasteiger charge is 1.96. The Bertz CT molecular complexity index is 507. The van der Waals surface area contributed by atoms with E-state index in [-0.39, 0.29) is 0 Å². The number of nitrogens with zero attached hydrogens (tertiary/aromatic N) is 1. The molecule has 0 aliphatic carbocycles. The Balaban J connectivity index is 3.61. The molecule has 1 rings (SSSR count). The van der Waals surface area contributed by atoms with Crippen LogP contribution in [0.15, 0.2) is 29.8 Å². The maximum absolute atomic E-state index is 4.28. The molecule has 0 saturated heterocycles. The summed E-state index contributed by atoms with van der Waals surface area (Å²) in [6, 6.07) is 6.09. The average Bonchev–Trinajstić information content (AvgIpc) is 2.17. The van der Waals surface area contributed by atoms with Gasteiger partial charge in [0.25, 0.3) is 0 Å². The number of aliphatic imine (C=N–C) groups is 1. The zero-order valence-corrected chi connectivity index (χ0v) is 9.67. The Morgan fingerprint density at radius 1 is 1.33 bits per heavy atom. The van der Waals surface area contributed by atoms with Crippen LogP contribution >= 0.6 is 0 Å². The lowest BCUT2D eigenvalue weighted by molar-refractivity contribution is 1.38. The third-order valence-corrected chi connectivity index (χ3v) is 2.35. The summed E-state index contributed by atoms with van der Waals surface area (Å²) in [5.41, 5.74) is 3.14. The van der Waals surface area contributed by atoms with Crippen molar-refractivity contribution in [2.45, 2.75) is 20.8 Å². The smallest absolute Gasteiger partial charge is 0.0446 e. The van der Waals surface area contributed by atoms with Gasteiger partial charge in [-0.15, -0.1) is 0 Å². The molecular weight excluding hydrogens is 182 g/mol. The van der Waals surface area contributed by atoms with Crippen LogP contribution in [-0.4, -0.2) is 6.21 Å². The van der Waals surface area contributed by atoms with E-state index >= 15 is 0 Å². The second-order valence-electron chi connectivity index (χ2n) is 3.58. The molecule has 78 valence electrons. The molecule has 0 N–H and O–H groups in total. The predicted molar refractivity (Wildman–Crippen MR) is 69.2 cm³/mol. The molecule has 0 atom stereocenters. The summed E-state index contributed by atoms with van der Waals surface area (Å²) in [5, 5.41) is 2.10. The van der Waals surface area contributed by atoms with Crippen molar-refractivity contribution in [3.05, 3.63) is 40.8 Å². The molecule has 0 heterocycles. The molecule has 0 aliphatic rings. The standard InChI is InChI=1S/C14H17N/c1-6-15-12(5)14-9-7-8-13(10(2)3)11(14)4/h6-9H,2,4H2,1,3,5H3/b14-12-,15-6-. The molecule has 0 amide bonds. The van der Waals surface area contributed by atoms with Gasteiger partial charge in [0.1, 0.15) is 0 Å². The quantitative estimate of drug-likeness (QED) is 0.648. The molecule has 0 unspecified atom stereocenters. The molecule has 0 radical (unpaired) electrons. The third kappa shape index (κ3) is 2.44. The molecular formula is C14H17N. The minimum atomic E-state index is 0.991. The Morgan fingerprint density at radius 2 is 2.00 bits per heavy atom. The number of hydrogen-bond acceptors (Lipinski definition) is 1. The molecule has 0 bridgehead atoms. The molecule has 0 fully saturated rings. The summed E-state index contributed by atoms with van der Waals surface area (Å²) < 4.78 is 0. The SMILES string of the molecule is C=C(C)c1ccc/c(=C(C)/N=C\C)c1=C. The van der Waals surface area contributed by atoms with Crippen LogP contribution in [0.4, 0.5) is 0 Å². The van der Waals surface area contributed by atoms with Crippen molar-refractivity contribution in [2.24, 2.45) is 4.99 Å². The normalized spacial score (nSPS) is 13.0. The molecule has 1 nitrogen and oxygen atoms in total. The number of rotatable bonds is 2. The zero-order valence-electron chi connectivity index (χ0n) is 9.67. The van der Waals surface area contributed by atoms with Crippen molar-refractivity contribution in [1.29, 1.82) is 0 Å². The molecule has 1 heteroatoms. The first-order chi connectivity index (χ1) is 7.07. The van der Waals surface area contributed by atoms with Gasteiger partial charge in [-0.3, -0.25) is 4.99 Å². The second-order valence-corrected chi connectivity index (χ2v) is 3.58. The van der Waals surface area contributed by atoms with Gasteiger partial charge >= 0.3 is 0 Å². The Hall–Kier alpha value is -1.63. The van der Waals surface area contributed by atoms with E-state index in [0.717, 1.165) is 27.3 Å². The van der Waals surface area contributed by atoms with Gasteiger partial charge in [-0.2, -0.15) is 0 Å². The van der Waals surface area contributed by atoms with Crippen LogP contribution in [0.2, 0.25) is 0 Å². The van der Waals surface area contributed by atoms with Crippen LogP contribution < -0.4 is 10.4 Å². The van der Waals surface area contributed by atoms with E-state index in [1.807, 2.05) is 39.0 Å². The summed E-state index contributed by atoms with van der Waals surface area (Å²) in [5.74, 6) is 0. The molecule has 1 aromatic carbocycles. The predicted octanol–water partition coefficient (Wildman–Crippen LogP) is 2.35. The van der Waals surface area contributed by atoms with Crippen LogP contribution in [0, 0.1) is 0 Å². The van der Waals surface area contributed by atoms with Gasteiger partial charge in [-0.25, -0.2) is 0 Å². The lowest BCUT2D eigenvalue weighted by Gasteiger charge is -2.02.